The third-order valence-corrected chi connectivity index (χ3v) is 4.82. The van der Waals surface area contributed by atoms with Crippen LogP contribution in [0.4, 0.5) is 5.69 Å². The molecule has 0 fully saturated rings. The normalized spacial score (nSPS) is 12.2. The van der Waals surface area contributed by atoms with Gasteiger partial charge in [-0.05, 0) is 45.6 Å². The first kappa shape index (κ1) is 19.9. The van der Waals surface area contributed by atoms with Gasteiger partial charge >= 0.3 is 0 Å². The van der Waals surface area contributed by atoms with Crippen LogP contribution in [0.3, 0.4) is 0 Å². The van der Waals surface area contributed by atoms with Gasteiger partial charge < -0.3 is 20.5 Å². The maximum Gasteiger partial charge on any atom is 0.229 e. The second-order valence-corrected chi connectivity index (χ2v) is 7.86. The predicted molar refractivity (Wildman–Crippen MR) is 105 cm³/mol. The van der Waals surface area contributed by atoms with Crippen molar-refractivity contribution < 1.29 is 14.6 Å². The van der Waals surface area contributed by atoms with Gasteiger partial charge in [0, 0.05) is 23.2 Å². The SMILES string of the molecule is CC(C)NCC(O)COc1ccc(NC(=O)Cc2cccs2)cc1Br. The number of aliphatic hydroxyl groups excluding tert-OH is 1. The van der Waals surface area contributed by atoms with Crippen LogP contribution in [0.25, 0.3) is 0 Å². The van der Waals surface area contributed by atoms with Crippen LogP contribution in [0.5, 0.6) is 5.75 Å². The van der Waals surface area contributed by atoms with E-state index < -0.39 is 6.10 Å². The Labute approximate surface area is 160 Å². The first-order chi connectivity index (χ1) is 11.9. The predicted octanol–water partition coefficient (Wildman–Crippen LogP) is 3.43. The largest absolute Gasteiger partial charge is 0.490 e. The van der Waals surface area contributed by atoms with Gasteiger partial charge in [-0.1, -0.05) is 19.9 Å². The maximum atomic E-state index is 12.0. The van der Waals surface area contributed by atoms with Crippen LogP contribution >= 0.6 is 27.3 Å². The van der Waals surface area contributed by atoms with Crippen molar-refractivity contribution in [3.8, 4) is 5.75 Å². The number of hydrogen-bond donors (Lipinski definition) is 3. The molecule has 2 rings (SSSR count). The van der Waals surface area contributed by atoms with Gasteiger partial charge in [0.1, 0.15) is 18.5 Å². The molecule has 0 aliphatic rings. The molecule has 0 radical (unpaired) electrons. The highest BCUT2D eigenvalue weighted by atomic mass is 79.9. The average molecular weight is 427 g/mol. The van der Waals surface area contributed by atoms with Gasteiger partial charge in [-0.25, -0.2) is 0 Å². The lowest BCUT2D eigenvalue weighted by Crippen LogP contribution is -2.35. The summed E-state index contributed by atoms with van der Waals surface area (Å²) in [5, 5.41) is 17.9. The van der Waals surface area contributed by atoms with Crippen molar-refractivity contribution in [2.45, 2.75) is 32.4 Å². The second kappa shape index (κ2) is 9.91. The molecule has 0 aliphatic heterocycles. The number of hydrogen-bond acceptors (Lipinski definition) is 5. The number of anilines is 1. The van der Waals surface area contributed by atoms with Gasteiger partial charge in [0.05, 0.1) is 10.9 Å². The molecule has 0 saturated carbocycles. The number of nitrogens with one attached hydrogen (secondary N) is 2. The summed E-state index contributed by atoms with van der Waals surface area (Å²) in [6.07, 6.45) is -0.220. The van der Waals surface area contributed by atoms with E-state index in [-0.39, 0.29) is 12.5 Å². The van der Waals surface area contributed by atoms with Gasteiger partial charge in [-0.2, -0.15) is 0 Å². The zero-order valence-corrected chi connectivity index (χ0v) is 16.7. The zero-order valence-electron chi connectivity index (χ0n) is 14.3. The molecule has 1 amide bonds. The fourth-order valence-corrected chi connectivity index (χ4v) is 3.29. The standard InChI is InChI=1S/C18H23BrN2O3S/c1-12(2)20-10-14(22)11-24-17-6-5-13(8-16(17)19)21-18(23)9-15-4-3-7-25-15/h3-8,12,14,20,22H,9-11H2,1-2H3,(H,21,23). The molecule has 1 heterocycles. The molecule has 0 spiro atoms. The summed E-state index contributed by atoms with van der Waals surface area (Å²) in [7, 11) is 0. The lowest BCUT2D eigenvalue weighted by molar-refractivity contribution is -0.115. The molecule has 0 bridgehead atoms. The van der Waals surface area contributed by atoms with Crippen LogP contribution in [0.15, 0.2) is 40.2 Å². The number of aliphatic hydroxyl groups is 1. The van der Waals surface area contributed by atoms with Crippen molar-refractivity contribution in [3.05, 3.63) is 45.1 Å². The molecule has 5 nitrogen and oxygen atoms in total. The minimum absolute atomic E-state index is 0.0572. The number of benzene rings is 1. The van der Waals surface area contributed by atoms with E-state index in [1.807, 2.05) is 31.4 Å². The third-order valence-electron chi connectivity index (χ3n) is 3.32. The van der Waals surface area contributed by atoms with E-state index >= 15 is 0 Å². The van der Waals surface area contributed by atoms with Crippen LogP contribution in [-0.2, 0) is 11.2 Å². The smallest absolute Gasteiger partial charge is 0.229 e. The van der Waals surface area contributed by atoms with Crippen molar-refractivity contribution in [2.24, 2.45) is 0 Å². The van der Waals surface area contributed by atoms with Crippen molar-refractivity contribution >= 4 is 38.9 Å². The monoisotopic (exact) mass is 426 g/mol. The molecule has 1 atom stereocenters. The molecule has 136 valence electrons. The van der Waals surface area contributed by atoms with Gasteiger partial charge in [0.15, 0.2) is 0 Å². The fraction of sp³-hybridized carbons (Fsp3) is 0.389. The van der Waals surface area contributed by atoms with E-state index in [4.69, 9.17) is 4.74 Å². The summed E-state index contributed by atoms with van der Waals surface area (Å²) in [4.78, 5) is 13.1. The van der Waals surface area contributed by atoms with Crippen LogP contribution in [0, 0.1) is 0 Å². The Morgan fingerprint density at radius 3 is 2.80 bits per heavy atom. The number of rotatable bonds is 9. The molecule has 0 saturated heterocycles. The first-order valence-electron chi connectivity index (χ1n) is 8.10. The number of ether oxygens (including phenoxy) is 1. The molecule has 25 heavy (non-hydrogen) atoms. The van der Waals surface area contributed by atoms with E-state index in [1.165, 1.54) is 0 Å². The Morgan fingerprint density at radius 1 is 1.36 bits per heavy atom. The van der Waals surface area contributed by atoms with Crippen LogP contribution in [0.2, 0.25) is 0 Å². The molecule has 1 unspecified atom stereocenters. The molecule has 2 aromatic rings. The Kier molecular flexibility index (Phi) is 7.90. The highest BCUT2D eigenvalue weighted by Gasteiger charge is 2.10. The number of carbonyl (C=O) groups is 1. The molecular weight excluding hydrogens is 404 g/mol. The van der Waals surface area contributed by atoms with Crippen molar-refractivity contribution in [1.29, 1.82) is 0 Å². The number of carbonyl (C=O) groups excluding carboxylic acids is 1. The van der Waals surface area contributed by atoms with E-state index in [1.54, 1.807) is 29.5 Å². The first-order valence-corrected chi connectivity index (χ1v) is 9.77. The van der Waals surface area contributed by atoms with Crippen LogP contribution in [-0.4, -0.2) is 36.3 Å². The topological polar surface area (TPSA) is 70.6 Å². The fourth-order valence-electron chi connectivity index (χ4n) is 2.09. The average Bonchev–Trinajstić information content (AvgIpc) is 3.04. The van der Waals surface area contributed by atoms with Crippen molar-refractivity contribution in [1.82, 2.24) is 5.32 Å². The van der Waals surface area contributed by atoms with Crippen LogP contribution < -0.4 is 15.4 Å². The van der Waals surface area contributed by atoms with Gasteiger partial charge in [-0.3, -0.25) is 4.79 Å². The van der Waals surface area contributed by atoms with Crippen molar-refractivity contribution in [3.63, 3.8) is 0 Å². The highest BCUT2D eigenvalue weighted by molar-refractivity contribution is 9.10. The molecule has 7 heteroatoms. The Balaban J connectivity index is 1.84. The van der Waals surface area contributed by atoms with E-state index in [2.05, 4.69) is 26.6 Å². The van der Waals surface area contributed by atoms with Gasteiger partial charge in [-0.15, -0.1) is 11.3 Å². The molecular formula is C18H23BrN2O3S. The summed E-state index contributed by atoms with van der Waals surface area (Å²) < 4.78 is 6.36. The van der Waals surface area contributed by atoms with E-state index in [0.29, 0.717) is 30.4 Å². The lowest BCUT2D eigenvalue weighted by Gasteiger charge is -2.16. The molecule has 1 aromatic carbocycles. The minimum Gasteiger partial charge on any atom is -0.490 e. The molecule has 0 aliphatic carbocycles. The molecule has 1 aromatic heterocycles. The van der Waals surface area contributed by atoms with Crippen LogP contribution in [0.1, 0.15) is 18.7 Å². The quantitative estimate of drug-likeness (QED) is 0.574. The van der Waals surface area contributed by atoms with E-state index in [9.17, 15) is 9.90 Å². The van der Waals surface area contributed by atoms with E-state index in [0.717, 1.165) is 9.35 Å². The summed E-state index contributed by atoms with van der Waals surface area (Å²) in [6.45, 7) is 4.72. The third kappa shape index (κ3) is 7.15. The number of halogens is 1. The zero-order chi connectivity index (χ0) is 18.2. The van der Waals surface area contributed by atoms with Crippen molar-refractivity contribution in [2.75, 3.05) is 18.5 Å². The molecule has 3 N–H and O–H groups in total. The Bertz CT molecular complexity index is 677. The number of amides is 1. The Morgan fingerprint density at radius 2 is 2.16 bits per heavy atom. The highest BCUT2D eigenvalue weighted by Crippen LogP contribution is 2.28. The summed E-state index contributed by atoms with van der Waals surface area (Å²) in [5.41, 5.74) is 0.697. The summed E-state index contributed by atoms with van der Waals surface area (Å²) in [5.74, 6) is 0.568. The maximum absolute atomic E-state index is 12.0. The van der Waals surface area contributed by atoms with Gasteiger partial charge in [0.2, 0.25) is 5.91 Å². The summed E-state index contributed by atoms with van der Waals surface area (Å²) in [6, 6.07) is 9.54. The lowest BCUT2D eigenvalue weighted by atomic mass is 10.2. The number of thiophene rings is 1. The Hall–Kier alpha value is -1.41. The minimum atomic E-state index is -0.584. The van der Waals surface area contributed by atoms with Gasteiger partial charge in [0.25, 0.3) is 0 Å². The summed E-state index contributed by atoms with van der Waals surface area (Å²) >= 11 is 5.00. The second-order valence-electron chi connectivity index (χ2n) is 5.98.